The number of aryl methyl sites for hydroxylation is 1. The van der Waals surface area contributed by atoms with E-state index in [9.17, 15) is 8.42 Å². The predicted octanol–water partition coefficient (Wildman–Crippen LogP) is 1.19. The average molecular weight is 281 g/mol. The van der Waals surface area contributed by atoms with Gasteiger partial charge in [0.1, 0.15) is 4.90 Å². The van der Waals surface area contributed by atoms with Crippen LogP contribution in [0.5, 0.6) is 0 Å². The summed E-state index contributed by atoms with van der Waals surface area (Å²) in [6.07, 6.45) is 1.92. The molecule has 4 nitrogen and oxygen atoms in total. The van der Waals surface area contributed by atoms with Crippen molar-refractivity contribution >= 4 is 33.1 Å². The van der Waals surface area contributed by atoms with Crippen LogP contribution in [0.1, 0.15) is 10.4 Å². The first-order chi connectivity index (χ1) is 7.53. The van der Waals surface area contributed by atoms with E-state index in [0.717, 1.165) is 5.75 Å². The van der Waals surface area contributed by atoms with Gasteiger partial charge in [0.05, 0.1) is 11.5 Å². The van der Waals surface area contributed by atoms with E-state index in [2.05, 4.69) is 4.72 Å². The molecule has 0 unspecified atom stereocenters. The third kappa shape index (κ3) is 3.21. The lowest BCUT2D eigenvalue weighted by atomic mass is 10.3. The number of hydrogen-bond acceptors (Lipinski definition) is 5. The number of thioether (sulfide) groups is 1. The Morgan fingerprint density at radius 3 is 2.81 bits per heavy atom. The maximum absolute atomic E-state index is 11.9. The Kier molecular flexibility index (Phi) is 5.26. The topological polar surface area (TPSA) is 66.4 Å². The summed E-state index contributed by atoms with van der Waals surface area (Å²) in [4.78, 5) is 0.732. The van der Waals surface area contributed by atoms with Gasteiger partial charge in [0.2, 0.25) is 10.0 Å². The van der Waals surface area contributed by atoms with Gasteiger partial charge in [-0.2, -0.15) is 11.8 Å². The van der Waals surface area contributed by atoms with Crippen molar-refractivity contribution in [2.24, 2.45) is 0 Å². The maximum atomic E-state index is 11.9. The summed E-state index contributed by atoms with van der Waals surface area (Å²) >= 11 is 2.85. The highest BCUT2D eigenvalue weighted by Crippen LogP contribution is 2.26. The van der Waals surface area contributed by atoms with Gasteiger partial charge in [-0.1, -0.05) is 0 Å². The van der Waals surface area contributed by atoms with Gasteiger partial charge in [-0.15, -0.1) is 11.3 Å². The first-order valence-electron chi connectivity index (χ1n) is 4.69. The molecule has 0 radical (unpaired) electrons. The molecule has 1 aromatic heterocycles. The van der Waals surface area contributed by atoms with Crippen LogP contribution in [0.2, 0.25) is 0 Å². The fraction of sp³-hybridized carbons (Fsp3) is 0.556. The number of hydrogen-bond donors (Lipinski definition) is 2. The van der Waals surface area contributed by atoms with E-state index in [1.54, 1.807) is 24.1 Å². The van der Waals surface area contributed by atoms with Crippen molar-refractivity contribution in [3.8, 4) is 0 Å². The van der Waals surface area contributed by atoms with Crippen LogP contribution in [0.15, 0.2) is 10.3 Å². The van der Waals surface area contributed by atoms with Crippen LogP contribution in [-0.2, 0) is 16.6 Å². The highest BCUT2D eigenvalue weighted by atomic mass is 32.2. The first-order valence-corrected chi connectivity index (χ1v) is 8.45. The van der Waals surface area contributed by atoms with E-state index >= 15 is 0 Å². The third-order valence-corrected chi connectivity index (χ3v) is 5.52. The second kappa shape index (κ2) is 6.02. The molecule has 16 heavy (non-hydrogen) atoms. The first kappa shape index (κ1) is 14.0. The zero-order valence-electron chi connectivity index (χ0n) is 9.19. The maximum Gasteiger partial charge on any atom is 0.242 e. The number of nitrogens with one attached hydrogen (secondary N) is 1. The van der Waals surface area contributed by atoms with Gasteiger partial charge in [-0.25, -0.2) is 13.1 Å². The molecule has 0 atom stereocenters. The van der Waals surface area contributed by atoms with Crippen molar-refractivity contribution in [1.82, 2.24) is 4.72 Å². The van der Waals surface area contributed by atoms with E-state index in [0.29, 0.717) is 17.0 Å². The average Bonchev–Trinajstić information content (AvgIpc) is 2.60. The van der Waals surface area contributed by atoms with Crippen LogP contribution in [0.4, 0.5) is 0 Å². The highest BCUT2D eigenvalue weighted by Gasteiger charge is 2.21. The molecule has 1 aromatic rings. The van der Waals surface area contributed by atoms with Crippen LogP contribution >= 0.6 is 23.1 Å². The molecule has 0 amide bonds. The molecule has 92 valence electrons. The highest BCUT2D eigenvalue weighted by molar-refractivity contribution is 7.98. The number of rotatable bonds is 6. The lowest BCUT2D eigenvalue weighted by Gasteiger charge is -2.07. The second-order valence-electron chi connectivity index (χ2n) is 3.22. The normalized spacial score (nSPS) is 11.9. The molecule has 0 saturated carbocycles. The summed E-state index contributed by atoms with van der Waals surface area (Å²) in [7, 11) is -3.48. The summed E-state index contributed by atoms with van der Waals surface area (Å²) < 4.78 is 26.4. The van der Waals surface area contributed by atoms with Crippen LogP contribution in [0.25, 0.3) is 0 Å². The zero-order chi connectivity index (χ0) is 12.2. The fourth-order valence-corrected chi connectivity index (χ4v) is 4.43. The number of sulfonamides is 1. The molecule has 7 heteroatoms. The molecule has 0 aliphatic rings. The molecule has 0 aliphatic heterocycles. The Morgan fingerprint density at radius 1 is 1.56 bits per heavy atom. The Bertz CT molecular complexity index is 439. The molecule has 1 heterocycles. The molecule has 2 N–H and O–H groups in total. The van der Waals surface area contributed by atoms with Crippen LogP contribution in [0, 0.1) is 6.92 Å². The molecular formula is C9H15NO3S3. The summed E-state index contributed by atoms with van der Waals surface area (Å²) in [5.41, 5.74) is 0.686. The van der Waals surface area contributed by atoms with Gasteiger partial charge in [-0.3, -0.25) is 0 Å². The van der Waals surface area contributed by atoms with Gasteiger partial charge >= 0.3 is 0 Å². The van der Waals surface area contributed by atoms with Crippen LogP contribution in [0.3, 0.4) is 0 Å². The Labute approximate surface area is 104 Å². The summed E-state index contributed by atoms with van der Waals surface area (Å²) in [6, 6.07) is 0. The van der Waals surface area contributed by atoms with E-state index in [1.807, 2.05) is 6.26 Å². The van der Waals surface area contributed by atoms with Crippen molar-refractivity contribution in [3.63, 3.8) is 0 Å². The van der Waals surface area contributed by atoms with Crippen molar-refractivity contribution < 1.29 is 13.5 Å². The largest absolute Gasteiger partial charge is 0.391 e. The minimum atomic E-state index is -3.48. The standard InChI is InChI=1S/C9H15NO3S3/c1-7-6-15-8(5-11)9(7)16(12,13)10-3-4-14-2/h6,10-11H,3-5H2,1-2H3. The molecule has 0 aromatic carbocycles. The Balaban J connectivity index is 2.93. The summed E-state index contributed by atoms with van der Waals surface area (Å²) in [6.45, 7) is 1.90. The predicted molar refractivity (Wildman–Crippen MR) is 68.5 cm³/mol. The van der Waals surface area contributed by atoms with E-state index in [-0.39, 0.29) is 11.5 Å². The second-order valence-corrected chi connectivity index (χ2v) is 6.87. The quantitative estimate of drug-likeness (QED) is 0.769. The van der Waals surface area contributed by atoms with E-state index in [4.69, 9.17) is 5.11 Å². The summed E-state index contributed by atoms with van der Waals surface area (Å²) in [5, 5.41) is 10.8. The number of thiophene rings is 1. The van der Waals surface area contributed by atoms with Crippen molar-refractivity contribution in [2.75, 3.05) is 18.6 Å². The molecule has 1 rings (SSSR count). The lowest BCUT2D eigenvalue weighted by Crippen LogP contribution is -2.27. The Hall–Kier alpha value is -0.0800. The summed E-state index contributed by atoms with van der Waals surface area (Å²) in [5.74, 6) is 0.733. The molecule has 0 fully saturated rings. The number of aliphatic hydroxyl groups excluding tert-OH is 1. The van der Waals surface area contributed by atoms with Gasteiger partial charge < -0.3 is 5.11 Å². The fourth-order valence-electron chi connectivity index (χ4n) is 1.31. The number of aliphatic hydroxyl groups is 1. The molecular weight excluding hydrogens is 266 g/mol. The van der Waals surface area contributed by atoms with Crippen molar-refractivity contribution in [3.05, 3.63) is 15.8 Å². The van der Waals surface area contributed by atoms with Crippen molar-refractivity contribution in [1.29, 1.82) is 0 Å². The smallest absolute Gasteiger partial charge is 0.242 e. The molecule has 0 spiro atoms. The minimum Gasteiger partial charge on any atom is -0.391 e. The van der Waals surface area contributed by atoms with Crippen LogP contribution < -0.4 is 4.72 Å². The molecule has 0 bridgehead atoms. The van der Waals surface area contributed by atoms with Gasteiger partial charge in [-0.05, 0) is 24.1 Å². The monoisotopic (exact) mass is 281 g/mol. The van der Waals surface area contributed by atoms with Gasteiger partial charge in [0.25, 0.3) is 0 Å². The minimum absolute atomic E-state index is 0.237. The van der Waals surface area contributed by atoms with Gasteiger partial charge in [0.15, 0.2) is 0 Å². The zero-order valence-corrected chi connectivity index (χ0v) is 11.6. The third-order valence-electron chi connectivity index (χ3n) is 2.00. The molecule has 0 aliphatic carbocycles. The van der Waals surface area contributed by atoms with E-state index in [1.165, 1.54) is 11.3 Å². The van der Waals surface area contributed by atoms with Crippen molar-refractivity contribution in [2.45, 2.75) is 18.4 Å². The molecule has 0 saturated heterocycles. The lowest BCUT2D eigenvalue weighted by molar-refractivity contribution is 0.282. The Morgan fingerprint density at radius 2 is 2.25 bits per heavy atom. The SMILES string of the molecule is CSCCNS(=O)(=O)c1c(C)csc1CO. The van der Waals surface area contributed by atoms with Gasteiger partial charge in [0, 0.05) is 12.3 Å². The van der Waals surface area contributed by atoms with Crippen LogP contribution in [-0.4, -0.2) is 32.1 Å². The van der Waals surface area contributed by atoms with E-state index < -0.39 is 10.0 Å².